The van der Waals surface area contributed by atoms with Gasteiger partial charge in [0, 0.05) is 22.9 Å². The van der Waals surface area contributed by atoms with Crippen LogP contribution in [0.1, 0.15) is 36.6 Å². The fraction of sp³-hybridized carbons (Fsp3) is 0.250. The molecule has 1 aromatic heterocycles. The zero-order chi connectivity index (χ0) is 17.3. The van der Waals surface area contributed by atoms with Crippen molar-refractivity contribution in [3.8, 4) is 22.9 Å². The molecule has 7 heteroatoms. The standard InChI is InChI=1S/C16H15N3O4/c1-8(2)10-5-12(15(20)14(6-10)19(22)23)11-4-9(3)18-16(21)13(11)7-17/h4-6,8,20H,1-3H3,(H,18,21). The predicted octanol–water partition coefficient (Wildman–Crippen LogP) is 2.96. The lowest BCUT2D eigenvalue weighted by molar-refractivity contribution is -0.385. The molecule has 118 valence electrons. The molecular formula is C16H15N3O4. The third-order valence-electron chi connectivity index (χ3n) is 3.55. The van der Waals surface area contributed by atoms with Gasteiger partial charge in [-0.25, -0.2) is 0 Å². The van der Waals surface area contributed by atoms with E-state index in [1.807, 2.05) is 13.8 Å². The first-order chi connectivity index (χ1) is 10.8. The van der Waals surface area contributed by atoms with Gasteiger partial charge in [0.2, 0.25) is 5.75 Å². The molecule has 0 atom stereocenters. The van der Waals surface area contributed by atoms with Crippen LogP contribution >= 0.6 is 0 Å². The number of phenolic OH excluding ortho intramolecular Hbond substituents is 1. The number of nitriles is 1. The molecule has 0 radical (unpaired) electrons. The van der Waals surface area contributed by atoms with Gasteiger partial charge < -0.3 is 10.1 Å². The van der Waals surface area contributed by atoms with E-state index in [0.717, 1.165) is 0 Å². The van der Waals surface area contributed by atoms with E-state index in [0.29, 0.717) is 11.3 Å². The SMILES string of the molecule is Cc1cc(-c2cc(C(C)C)cc([N+](=O)[O-])c2O)c(C#N)c(=O)[nH]1. The molecule has 0 aliphatic heterocycles. The summed E-state index contributed by atoms with van der Waals surface area (Å²) in [5, 5.41) is 30.7. The maximum atomic E-state index is 11.9. The highest BCUT2D eigenvalue weighted by molar-refractivity contribution is 5.80. The first-order valence-electron chi connectivity index (χ1n) is 6.92. The lowest BCUT2D eigenvalue weighted by atomic mass is 9.93. The third kappa shape index (κ3) is 2.92. The van der Waals surface area contributed by atoms with Crippen molar-refractivity contribution in [2.45, 2.75) is 26.7 Å². The van der Waals surface area contributed by atoms with Crippen molar-refractivity contribution in [3.05, 3.63) is 55.5 Å². The molecule has 0 aliphatic carbocycles. The molecular weight excluding hydrogens is 298 g/mol. The summed E-state index contributed by atoms with van der Waals surface area (Å²) in [5.41, 5.74) is 0.159. The van der Waals surface area contributed by atoms with E-state index in [-0.39, 0.29) is 22.6 Å². The number of aromatic amines is 1. The second kappa shape index (κ2) is 5.93. The molecule has 1 heterocycles. The predicted molar refractivity (Wildman–Crippen MR) is 84.4 cm³/mol. The van der Waals surface area contributed by atoms with E-state index >= 15 is 0 Å². The van der Waals surface area contributed by atoms with Crippen molar-refractivity contribution in [3.63, 3.8) is 0 Å². The fourth-order valence-corrected chi connectivity index (χ4v) is 2.33. The molecule has 7 nitrogen and oxygen atoms in total. The molecule has 0 saturated heterocycles. The van der Waals surface area contributed by atoms with Crippen LogP contribution in [0.5, 0.6) is 5.75 Å². The minimum Gasteiger partial charge on any atom is -0.502 e. The first-order valence-corrected chi connectivity index (χ1v) is 6.92. The van der Waals surface area contributed by atoms with Crippen LogP contribution in [0, 0.1) is 28.4 Å². The molecule has 2 rings (SSSR count). The largest absolute Gasteiger partial charge is 0.502 e. The number of rotatable bonds is 3. The second-order valence-corrected chi connectivity index (χ2v) is 5.53. The van der Waals surface area contributed by atoms with Crippen molar-refractivity contribution in [2.75, 3.05) is 0 Å². The molecule has 0 unspecified atom stereocenters. The number of nitro groups is 1. The Morgan fingerprint density at radius 2 is 1.96 bits per heavy atom. The van der Waals surface area contributed by atoms with Crippen LogP contribution in [0.25, 0.3) is 11.1 Å². The van der Waals surface area contributed by atoms with Gasteiger partial charge in [-0.15, -0.1) is 0 Å². The second-order valence-electron chi connectivity index (χ2n) is 5.53. The van der Waals surface area contributed by atoms with Crippen molar-refractivity contribution in [1.82, 2.24) is 4.98 Å². The number of nitro benzene ring substituents is 1. The van der Waals surface area contributed by atoms with E-state index in [2.05, 4.69) is 4.98 Å². The fourth-order valence-electron chi connectivity index (χ4n) is 2.33. The number of aromatic nitrogens is 1. The number of pyridine rings is 1. The highest BCUT2D eigenvalue weighted by atomic mass is 16.6. The van der Waals surface area contributed by atoms with Gasteiger partial charge in [0.15, 0.2) is 0 Å². The molecule has 23 heavy (non-hydrogen) atoms. The Morgan fingerprint density at radius 1 is 1.30 bits per heavy atom. The van der Waals surface area contributed by atoms with E-state index in [1.165, 1.54) is 12.1 Å². The van der Waals surface area contributed by atoms with Gasteiger partial charge in [-0.05, 0) is 30.5 Å². The lowest BCUT2D eigenvalue weighted by Gasteiger charge is -2.12. The van der Waals surface area contributed by atoms with Gasteiger partial charge in [-0.3, -0.25) is 14.9 Å². The Kier molecular flexibility index (Phi) is 4.18. The van der Waals surface area contributed by atoms with Gasteiger partial charge in [0.25, 0.3) is 5.56 Å². The van der Waals surface area contributed by atoms with Crippen molar-refractivity contribution >= 4 is 5.69 Å². The Bertz CT molecular complexity index is 891. The summed E-state index contributed by atoms with van der Waals surface area (Å²) in [6.07, 6.45) is 0. The van der Waals surface area contributed by atoms with Crippen molar-refractivity contribution < 1.29 is 10.0 Å². The number of benzene rings is 1. The van der Waals surface area contributed by atoms with E-state index in [1.54, 1.807) is 19.1 Å². The van der Waals surface area contributed by atoms with Crippen LogP contribution in [0.3, 0.4) is 0 Å². The van der Waals surface area contributed by atoms with Gasteiger partial charge in [0.1, 0.15) is 11.6 Å². The van der Waals surface area contributed by atoms with Crippen molar-refractivity contribution in [2.24, 2.45) is 0 Å². The quantitative estimate of drug-likeness (QED) is 0.666. The lowest BCUT2D eigenvalue weighted by Crippen LogP contribution is -2.13. The molecule has 2 aromatic rings. The van der Waals surface area contributed by atoms with Gasteiger partial charge in [0.05, 0.1) is 4.92 Å². The first kappa shape index (κ1) is 16.2. The number of hydrogen-bond acceptors (Lipinski definition) is 5. The van der Waals surface area contributed by atoms with Gasteiger partial charge >= 0.3 is 5.69 Å². The number of aryl methyl sites for hydroxylation is 1. The summed E-state index contributed by atoms with van der Waals surface area (Å²) in [6.45, 7) is 5.34. The number of H-pyrrole nitrogens is 1. The van der Waals surface area contributed by atoms with Crippen LogP contribution in [-0.2, 0) is 0 Å². The summed E-state index contributed by atoms with van der Waals surface area (Å²) in [7, 11) is 0. The van der Waals surface area contributed by atoms with Crippen LogP contribution in [-0.4, -0.2) is 15.0 Å². The molecule has 2 N–H and O–H groups in total. The topological polar surface area (TPSA) is 120 Å². The summed E-state index contributed by atoms with van der Waals surface area (Å²) < 4.78 is 0. The maximum Gasteiger partial charge on any atom is 0.311 e. The zero-order valence-corrected chi connectivity index (χ0v) is 12.9. The Hall–Kier alpha value is -3.14. The van der Waals surface area contributed by atoms with Crippen LogP contribution in [0.4, 0.5) is 5.69 Å². The summed E-state index contributed by atoms with van der Waals surface area (Å²) in [5.74, 6) is -0.581. The maximum absolute atomic E-state index is 11.9. The Balaban J connectivity index is 2.92. The number of hydrogen-bond donors (Lipinski definition) is 2. The molecule has 1 aromatic carbocycles. The average Bonchev–Trinajstić information content (AvgIpc) is 2.46. The smallest absolute Gasteiger partial charge is 0.311 e. The Morgan fingerprint density at radius 3 is 2.48 bits per heavy atom. The minimum atomic E-state index is -0.684. The highest BCUT2D eigenvalue weighted by Gasteiger charge is 2.23. The molecule has 0 amide bonds. The number of phenols is 1. The highest BCUT2D eigenvalue weighted by Crippen LogP contribution is 2.40. The van der Waals surface area contributed by atoms with E-state index in [4.69, 9.17) is 0 Å². The van der Waals surface area contributed by atoms with Crippen molar-refractivity contribution in [1.29, 1.82) is 5.26 Å². The number of aromatic hydroxyl groups is 1. The van der Waals surface area contributed by atoms with E-state index in [9.17, 15) is 25.3 Å². The molecule has 0 saturated carbocycles. The van der Waals surface area contributed by atoms with Crippen LogP contribution in [0.15, 0.2) is 23.0 Å². The number of nitrogens with zero attached hydrogens (tertiary/aromatic N) is 2. The van der Waals surface area contributed by atoms with Crippen LogP contribution in [0.2, 0.25) is 0 Å². The zero-order valence-electron chi connectivity index (χ0n) is 12.9. The molecule has 0 fully saturated rings. The molecule has 0 bridgehead atoms. The summed E-state index contributed by atoms with van der Waals surface area (Å²) in [4.78, 5) is 24.9. The third-order valence-corrected chi connectivity index (χ3v) is 3.55. The summed E-state index contributed by atoms with van der Waals surface area (Å²) in [6, 6.07) is 6.18. The average molecular weight is 313 g/mol. The van der Waals surface area contributed by atoms with Gasteiger partial charge in [-0.2, -0.15) is 5.26 Å². The molecule has 0 spiro atoms. The normalized spacial score (nSPS) is 10.6. The van der Waals surface area contributed by atoms with Crippen LogP contribution < -0.4 is 5.56 Å². The van der Waals surface area contributed by atoms with Gasteiger partial charge in [-0.1, -0.05) is 13.8 Å². The summed E-state index contributed by atoms with van der Waals surface area (Å²) >= 11 is 0. The Labute approximate surface area is 132 Å². The minimum absolute atomic E-state index is 0.0262. The molecule has 0 aliphatic rings. The monoisotopic (exact) mass is 313 g/mol. The number of nitrogens with one attached hydrogen (secondary N) is 1. The van der Waals surface area contributed by atoms with E-state index < -0.39 is 21.9 Å².